The predicted molar refractivity (Wildman–Crippen MR) is 98.8 cm³/mol. The maximum Gasteiger partial charge on any atom is 0.146 e. The summed E-state index contributed by atoms with van der Waals surface area (Å²) in [6, 6.07) is 5.92. The number of hydrogen-bond donors (Lipinski definition) is 2. The van der Waals surface area contributed by atoms with E-state index in [1.165, 1.54) is 5.57 Å². The fraction of sp³-hybridized carbons (Fsp3) is 0.600. The molecule has 1 aromatic carbocycles. The monoisotopic (exact) mass is 334 g/mol. The van der Waals surface area contributed by atoms with Crippen molar-refractivity contribution in [1.29, 1.82) is 0 Å². The molecule has 1 unspecified atom stereocenters. The largest absolute Gasteiger partial charge is 0.393 e. The van der Waals surface area contributed by atoms with Gasteiger partial charge in [0.05, 0.1) is 11.8 Å². The van der Waals surface area contributed by atoms with Crippen LogP contribution in [0.2, 0.25) is 0 Å². The third-order valence-corrected chi connectivity index (χ3v) is 4.62. The van der Waals surface area contributed by atoms with Gasteiger partial charge in [-0.15, -0.1) is 0 Å². The van der Waals surface area contributed by atoms with Gasteiger partial charge in [-0.2, -0.15) is 0 Å². The molecular weight excluding hydrogens is 303 g/mol. The van der Waals surface area contributed by atoms with Crippen LogP contribution in [0.3, 0.4) is 0 Å². The van der Waals surface area contributed by atoms with Crippen molar-refractivity contribution < 1.29 is 9.50 Å². The number of nitrogens with one attached hydrogen (secondary N) is 1. The molecule has 0 saturated carbocycles. The number of piperidine rings is 1. The Hall–Kier alpha value is -1.39. The summed E-state index contributed by atoms with van der Waals surface area (Å²) in [5.74, 6) is -0.164. The van der Waals surface area contributed by atoms with Crippen molar-refractivity contribution in [1.82, 2.24) is 5.32 Å². The van der Waals surface area contributed by atoms with Crippen molar-refractivity contribution in [3.05, 3.63) is 41.2 Å². The number of benzene rings is 1. The average molecular weight is 334 g/mol. The first-order chi connectivity index (χ1) is 11.5. The van der Waals surface area contributed by atoms with Gasteiger partial charge < -0.3 is 15.3 Å². The predicted octanol–water partition coefficient (Wildman–Crippen LogP) is 4.01. The topological polar surface area (TPSA) is 35.5 Å². The van der Waals surface area contributed by atoms with E-state index in [0.29, 0.717) is 31.1 Å². The summed E-state index contributed by atoms with van der Waals surface area (Å²) in [5.41, 5.74) is 2.98. The second-order valence-electron chi connectivity index (χ2n) is 7.14. The first-order valence-corrected chi connectivity index (χ1v) is 9.04. The molecule has 1 atom stereocenters. The highest BCUT2D eigenvalue weighted by atomic mass is 19.1. The molecule has 0 radical (unpaired) electrons. The summed E-state index contributed by atoms with van der Waals surface area (Å²) in [4.78, 5) is 2.03. The molecule has 2 rings (SSSR count). The van der Waals surface area contributed by atoms with Crippen molar-refractivity contribution in [3.63, 3.8) is 0 Å². The second-order valence-corrected chi connectivity index (χ2v) is 7.14. The molecule has 1 aliphatic rings. The van der Waals surface area contributed by atoms with Crippen LogP contribution in [-0.4, -0.2) is 30.3 Å². The van der Waals surface area contributed by atoms with Crippen molar-refractivity contribution in [2.75, 3.05) is 18.0 Å². The van der Waals surface area contributed by atoms with Gasteiger partial charge in [0, 0.05) is 25.7 Å². The maximum atomic E-state index is 14.4. The summed E-state index contributed by atoms with van der Waals surface area (Å²) < 4.78 is 14.4. The highest BCUT2D eigenvalue weighted by molar-refractivity contribution is 5.49. The molecule has 0 bridgehead atoms. The molecule has 1 aromatic rings. The molecule has 0 spiro atoms. The molecule has 1 aliphatic heterocycles. The lowest BCUT2D eigenvalue weighted by Gasteiger charge is -2.31. The maximum absolute atomic E-state index is 14.4. The first kappa shape index (κ1) is 18.9. The van der Waals surface area contributed by atoms with Gasteiger partial charge in [0.15, 0.2) is 0 Å². The number of halogens is 1. The molecule has 0 aliphatic carbocycles. The minimum absolute atomic E-state index is 0.164. The zero-order valence-electron chi connectivity index (χ0n) is 15.2. The summed E-state index contributed by atoms with van der Waals surface area (Å²) in [6.45, 7) is 8.53. The van der Waals surface area contributed by atoms with E-state index < -0.39 is 0 Å². The van der Waals surface area contributed by atoms with Crippen LogP contribution in [0.5, 0.6) is 0 Å². The van der Waals surface area contributed by atoms with Gasteiger partial charge in [-0.05, 0) is 64.2 Å². The molecule has 0 amide bonds. The van der Waals surface area contributed by atoms with Gasteiger partial charge in [0.25, 0.3) is 0 Å². The minimum Gasteiger partial charge on any atom is -0.393 e. The van der Waals surface area contributed by atoms with Crippen LogP contribution in [0.15, 0.2) is 29.8 Å². The van der Waals surface area contributed by atoms with Gasteiger partial charge in [-0.1, -0.05) is 17.7 Å². The first-order valence-electron chi connectivity index (χ1n) is 9.04. The van der Waals surface area contributed by atoms with E-state index in [2.05, 4.69) is 32.2 Å². The smallest absolute Gasteiger partial charge is 0.146 e. The highest BCUT2D eigenvalue weighted by Crippen LogP contribution is 2.24. The Kier molecular flexibility index (Phi) is 7.25. The fourth-order valence-electron chi connectivity index (χ4n) is 3.04. The average Bonchev–Trinajstić information content (AvgIpc) is 2.54. The van der Waals surface area contributed by atoms with Crippen LogP contribution >= 0.6 is 0 Å². The minimum atomic E-state index is -0.236. The number of hydrogen-bond acceptors (Lipinski definition) is 3. The molecular formula is C20H31FN2O. The Bertz CT molecular complexity index is 547. The van der Waals surface area contributed by atoms with Crippen LogP contribution in [-0.2, 0) is 6.54 Å². The summed E-state index contributed by atoms with van der Waals surface area (Å²) >= 11 is 0. The number of aliphatic hydroxyl groups excluding tert-OH is 1. The zero-order chi connectivity index (χ0) is 17.5. The van der Waals surface area contributed by atoms with Crippen molar-refractivity contribution in [3.8, 4) is 0 Å². The van der Waals surface area contributed by atoms with E-state index in [4.69, 9.17) is 0 Å². The Labute approximate surface area is 145 Å². The summed E-state index contributed by atoms with van der Waals surface area (Å²) in [7, 11) is 0. The van der Waals surface area contributed by atoms with E-state index in [9.17, 15) is 9.50 Å². The van der Waals surface area contributed by atoms with Crippen molar-refractivity contribution in [2.24, 2.45) is 0 Å². The van der Waals surface area contributed by atoms with Crippen LogP contribution in [0, 0.1) is 5.82 Å². The van der Waals surface area contributed by atoms with Gasteiger partial charge in [-0.25, -0.2) is 4.39 Å². The summed E-state index contributed by atoms with van der Waals surface area (Å²) in [5, 5.41) is 13.0. The number of aliphatic hydroxyl groups is 1. The van der Waals surface area contributed by atoms with Crippen LogP contribution in [0.25, 0.3) is 0 Å². The van der Waals surface area contributed by atoms with Gasteiger partial charge >= 0.3 is 0 Å². The SMILES string of the molecule is CC(C)=CCCC(C)NCc1ccc(N2CCC(O)CC2)c(F)c1. The number of allylic oxidation sites excluding steroid dienone is 2. The zero-order valence-corrected chi connectivity index (χ0v) is 15.2. The van der Waals surface area contributed by atoms with Crippen molar-refractivity contribution in [2.45, 2.75) is 65.1 Å². The normalized spacial score (nSPS) is 17.0. The standard InChI is InChI=1S/C20H31FN2O/c1-15(2)5-4-6-16(3)22-14-17-7-8-20(19(21)13-17)23-11-9-18(24)10-12-23/h5,7-8,13,16,18,22,24H,4,6,9-12,14H2,1-3H3. The van der Waals surface area contributed by atoms with E-state index in [0.717, 1.165) is 31.5 Å². The Morgan fingerprint density at radius 3 is 2.71 bits per heavy atom. The summed E-state index contributed by atoms with van der Waals surface area (Å²) in [6.07, 6.45) is 5.60. The van der Waals surface area contributed by atoms with E-state index >= 15 is 0 Å². The number of nitrogens with zero attached hydrogens (tertiary/aromatic N) is 1. The quantitative estimate of drug-likeness (QED) is 0.740. The lowest BCUT2D eigenvalue weighted by atomic mass is 10.1. The van der Waals surface area contributed by atoms with Crippen LogP contribution in [0.4, 0.5) is 10.1 Å². The number of anilines is 1. The molecule has 3 nitrogen and oxygen atoms in total. The van der Waals surface area contributed by atoms with Crippen LogP contribution in [0.1, 0.15) is 52.0 Å². The molecule has 134 valence electrons. The van der Waals surface area contributed by atoms with E-state index in [1.54, 1.807) is 6.07 Å². The fourth-order valence-corrected chi connectivity index (χ4v) is 3.04. The van der Waals surface area contributed by atoms with Crippen LogP contribution < -0.4 is 10.2 Å². The van der Waals surface area contributed by atoms with Gasteiger partial charge in [-0.3, -0.25) is 0 Å². The van der Waals surface area contributed by atoms with Gasteiger partial charge in [0.1, 0.15) is 5.82 Å². The Morgan fingerprint density at radius 2 is 2.08 bits per heavy atom. The molecule has 1 heterocycles. The highest BCUT2D eigenvalue weighted by Gasteiger charge is 2.19. The lowest BCUT2D eigenvalue weighted by molar-refractivity contribution is 0.145. The van der Waals surface area contributed by atoms with E-state index in [-0.39, 0.29) is 11.9 Å². The molecule has 1 fully saturated rings. The van der Waals surface area contributed by atoms with Crippen molar-refractivity contribution >= 4 is 5.69 Å². The second kappa shape index (κ2) is 9.19. The number of rotatable bonds is 7. The lowest BCUT2D eigenvalue weighted by Crippen LogP contribution is -2.36. The molecule has 24 heavy (non-hydrogen) atoms. The third-order valence-electron chi connectivity index (χ3n) is 4.62. The third kappa shape index (κ3) is 5.91. The Balaban J connectivity index is 1.84. The molecule has 1 saturated heterocycles. The van der Waals surface area contributed by atoms with E-state index in [1.807, 2.05) is 17.0 Å². The molecule has 2 N–H and O–H groups in total. The molecule has 4 heteroatoms. The Morgan fingerprint density at radius 1 is 1.38 bits per heavy atom. The molecule has 0 aromatic heterocycles. The van der Waals surface area contributed by atoms with Gasteiger partial charge in [0.2, 0.25) is 0 Å².